The van der Waals surface area contributed by atoms with E-state index < -0.39 is 0 Å². The molecule has 138 valence electrons. The first kappa shape index (κ1) is 18.3. The fourth-order valence-corrected chi connectivity index (χ4v) is 5.96. The van der Waals surface area contributed by atoms with E-state index in [0.29, 0.717) is 12.3 Å². The molecule has 0 radical (unpaired) electrons. The molecular formula is C21H21N3OS2. The van der Waals surface area contributed by atoms with Crippen molar-refractivity contribution < 1.29 is 0 Å². The Morgan fingerprint density at radius 1 is 1.37 bits per heavy atom. The molecule has 0 fully saturated rings. The molecule has 0 N–H and O–H groups in total. The van der Waals surface area contributed by atoms with Gasteiger partial charge in [0, 0.05) is 17.1 Å². The van der Waals surface area contributed by atoms with Crippen LogP contribution in [-0.2, 0) is 12.8 Å². The van der Waals surface area contributed by atoms with Crippen LogP contribution in [0.3, 0.4) is 0 Å². The van der Waals surface area contributed by atoms with Crippen molar-refractivity contribution in [3.63, 3.8) is 0 Å². The molecule has 3 aromatic rings. The summed E-state index contributed by atoms with van der Waals surface area (Å²) in [5.74, 6) is 1.45. The van der Waals surface area contributed by atoms with Crippen LogP contribution in [0.4, 0.5) is 0 Å². The number of para-hydroxylation sites is 1. The van der Waals surface area contributed by atoms with E-state index in [4.69, 9.17) is 10.2 Å². The van der Waals surface area contributed by atoms with Crippen LogP contribution < -0.4 is 5.56 Å². The van der Waals surface area contributed by atoms with Crippen molar-refractivity contribution >= 4 is 33.3 Å². The summed E-state index contributed by atoms with van der Waals surface area (Å²) in [5.41, 5.74) is 2.11. The second kappa shape index (κ2) is 7.87. The molecule has 0 saturated carbocycles. The first-order chi connectivity index (χ1) is 13.2. The molecule has 27 heavy (non-hydrogen) atoms. The van der Waals surface area contributed by atoms with Gasteiger partial charge in [0.15, 0.2) is 5.16 Å². The van der Waals surface area contributed by atoms with E-state index in [1.54, 1.807) is 27.7 Å². The van der Waals surface area contributed by atoms with Gasteiger partial charge in [-0.25, -0.2) is 4.98 Å². The highest BCUT2D eigenvalue weighted by molar-refractivity contribution is 7.99. The van der Waals surface area contributed by atoms with Crippen LogP contribution in [-0.4, -0.2) is 15.3 Å². The van der Waals surface area contributed by atoms with E-state index in [1.165, 1.54) is 10.4 Å². The molecule has 0 unspecified atom stereocenters. The molecule has 2 aromatic heterocycles. The van der Waals surface area contributed by atoms with Crippen molar-refractivity contribution in [1.29, 1.82) is 5.26 Å². The van der Waals surface area contributed by atoms with Gasteiger partial charge in [0.2, 0.25) is 0 Å². The minimum atomic E-state index is 0.0426. The zero-order valence-electron chi connectivity index (χ0n) is 15.3. The Kier molecular flexibility index (Phi) is 5.33. The van der Waals surface area contributed by atoms with Gasteiger partial charge < -0.3 is 0 Å². The maximum Gasteiger partial charge on any atom is 0.267 e. The molecule has 0 saturated heterocycles. The molecule has 0 aliphatic heterocycles. The first-order valence-electron chi connectivity index (χ1n) is 9.31. The number of aromatic nitrogens is 2. The molecule has 6 heteroatoms. The predicted octanol–water partition coefficient (Wildman–Crippen LogP) is 4.97. The number of hydrogen-bond donors (Lipinski definition) is 0. The van der Waals surface area contributed by atoms with Crippen molar-refractivity contribution in [2.75, 3.05) is 5.75 Å². The standard InChI is InChI=1S/C21H21N3OS2/c1-14-9-10-16-17(13-14)27-19-18(16)20(25)24(15-7-3-2-4-8-15)21(23-19)26-12-6-5-11-22/h2-4,7-8,14H,5-6,9-10,12-13H2,1H3/t14-/m0/s1. The van der Waals surface area contributed by atoms with Crippen molar-refractivity contribution in [2.24, 2.45) is 5.92 Å². The lowest BCUT2D eigenvalue weighted by Gasteiger charge is -2.17. The fourth-order valence-electron chi connectivity index (χ4n) is 3.59. The van der Waals surface area contributed by atoms with E-state index >= 15 is 0 Å². The Morgan fingerprint density at radius 3 is 2.96 bits per heavy atom. The van der Waals surface area contributed by atoms with E-state index in [1.807, 2.05) is 30.3 Å². The molecule has 4 nitrogen and oxygen atoms in total. The summed E-state index contributed by atoms with van der Waals surface area (Å²) in [5, 5.41) is 10.3. The SMILES string of the molecule is C[C@H]1CCc2c(sc3nc(SCCCC#N)n(-c4ccccc4)c(=O)c23)C1. The van der Waals surface area contributed by atoms with Crippen molar-refractivity contribution in [1.82, 2.24) is 9.55 Å². The van der Waals surface area contributed by atoms with Crippen LogP contribution in [0.1, 0.15) is 36.6 Å². The van der Waals surface area contributed by atoms with Gasteiger partial charge >= 0.3 is 0 Å². The monoisotopic (exact) mass is 395 g/mol. The molecule has 1 aromatic carbocycles. The summed E-state index contributed by atoms with van der Waals surface area (Å²) in [6.45, 7) is 2.28. The lowest BCUT2D eigenvalue weighted by Crippen LogP contribution is -2.22. The number of unbranched alkanes of at least 4 members (excludes halogenated alkanes) is 1. The largest absolute Gasteiger partial charge is 0.268 e. The third kappa shape index (κ3) is 3.54. The molecule has 1 aliphatic carbocycles. The quantitative estimate of drug-likeness (QED) is 0.348. The Bertz CT molecular complexity index is 1060. The minimum Gasteiger partial charge on any atom is -0.268 e. The van der Waals surface area contributed by atoms with Gasteiger partial charge in [0.1, 0.15) is 4.83 Å². The number of nitriles is 1. The van der Waals surface area contributed by atoms with Gasteiger partial charge in [0.05, 0.1) is 17.1 Å². The topological polar surface area (TPSA) is 58.7 Å². The molecule has 0 bridgehead atoms. The number of thiophene rings is 1. The maximum absolute atomic E-state index is 13.5. The lowest BCUT2D eigenvalue weighted by atomic mass is 9.89. The van der Waals surface area contributed by atoms with E-state index in [-0.39, 0.29) is 5.56 Å². The number of hydrogen-bond acceptors (Lipinski definition) is 5. The van der Waals surface area contributed by atoms with Crippen LogP contribution >= 0.6 is 23.1 Å². The predicted molar refractivity (Wildman–Crippen MR) is 112 cm³/mol. The van der Waals surface area contributed by atoms with Crippen LogP contribution in [0.15, 0.2) is 40.3 Å². The normalized spacial score (nSPS) is 16.2. The number of thioether (sulfide) groups is 1. The highest BCUT2D eigenvalue weighted by atomic mass is 32.2. The highest BCUT2D eigenvalue weighted by Gasteiger charge is 2.25. The summed E-state index contributed by atoms with van der Waals surface area (Å²) in [7, 11) is 0. The molecule has 1 aliphatic rings. The average molecular weight is 396 g/mol. The number of benzene rings is 1. The third-order valence-electron chi connectivity index (χ3n) is 4.98. The molecule has 0 spiro atoms. The van der Waals surface area contributed by atoms with Gasteiger partial charge in [-0.05, 0) is 49.3 Å². The van der Waals surface area contributed by atoms with Crippen LogP contribution in [0.5, 0.6) is 0 Å². The summed E-state index contributed by atoms with van der Waals surface area (Å²) in [4.78, 5) is 20.6. The second-order valence-electron chi connectivity index (χ2n) is 7.01. The number of rotatable bonds is 5. The Balaban J connectivity index is 1.87. The Hall–Kier alpha value is -2.10. The zero-order chi connectivity index (χ0) is 18.8. The van der Waals surface area contributed by atoms with Crippen LogP contribution in [0.2, 0.25) is 0 Å². The van der Waals surface area contributed by atoms with Gasteiger partial charge in [-0.15, -0.1) is 11.3 Å². The molecule has 4 rings (SSSR count). The number of fused-ring (bicyclic) bond motifs is 3. The van der Waals surface area contributed by atoms with Crippen LogP contribution in [0.25, 0.3) is 15.9 Å². The van der Waals surface area contributed by atoms with E-state index in [0.717, 1.165) is 52.5 Å². The second-order valence-corrected chi connectivity index (χ2v) is 9.16. The van der Waals surface area contributed by atoms with Gasteiger partial charge in [-0.1, -0.05) is 36.9 Å². The molecule has 0 amide bonds. The zero-order valence-corrected chi connectivity index (χ0v) is 16.9. The summed E-state index contributed by atoms with van der Waals surface area (Å²) in [6.07, 6.45) is 4.47. The van der Waals surface area contributed by atoms with Crippen molar-refractivity contribution in [3.05, 3.63) is 51.1 Å². The number of aryl methyl sites for hydroxylation is 1. The summed E-state index contributed by atoms with van der Waals surface area (Å²) >= 11 is 3.25. The highest BCUT2D eigenvalue weighted by Crippen LogP contribution is 2.37. The maximum atomic E-state index is 13.5. The third-order valence-corrected chi connectivity index (χ3v) is 7.15. The molecule has 2 heterocycles. The number of nitrogens with zero attached hydrogens (tertiary/aromatic N) is 3. The Morgan fingerprint density at radius 2 is 2.19 bits per heavy atom. The molecule has 1 atom stereocenters. The van der Waals surface area contributed by atoms with E-state index in [9.17, 15) is 4.79 Å². The van der Waals surface area contributed by atoms with Crippen molar-refractivity contribution in [2.45, 2.75) is 44.2 Å². The van der Waals surface area contributed by atoms with Crippen molar-refractivity contribution in [3.8, 4) is 11.8 Å². The van der Waals surface area contributed by atoms with Gasteiger partial charge in [-0.2, -0.15) is 5.26 Å². The smallest absolute Gasteiger partial charge is 0.267 e. The molecular weight excluding hydrogens is 374 g/mol. The summed E-state index contributed by atoms with van der Waals surface area (Å²) < 4.78 is 1.75. The average Bonchev–Trinajstić information content (AvgIpc) is 3.03. The lowest BCUT2D eigenvalue weighted by molar-refractivity contribution is 0.509. The van der Waals surface area contributed by atoms with Gasteiger partial charge in [0.25, 0.3) is 5.56 Å². The Labute approximate surface area is 166 Å². The van der Waals surface area contributed by atoms with E-state index in [2.05, 4.69) is 13.0 Å². The minimum absolute atomic E-state index is 0.0426. The first-order valence-corrected chi connectivity index (χ1v) is 11.1. The van der Waals surface area contributed by atoms with Gasteiger partial charge in [-0.3, -0.25) is 9.36 Å². The fraction of sp³-hybridized carbons (Fsp3) is 0.381. The summed E-state index contributed by atoms with van der Waals surface area (Å²) in [6, 6.07) is 11.9. The van der Waals surface area contributed by atoms with Crippen LogP contribution in [0, 0.1) is 17.2 Å².